The first kappa shape index (κ1) is 17.6. The molecule has 0 heterocycles. The second-order valence-corrected chi connectivity index (χ2v) is 6.46. The predicted molar refractivity (Wildman–Crippen MR) is 78.6 cm³/mol. The molecule has 6 nitrogen and oxygen atoms in total. The average molecular weight is 315 g/mol. The smallest absolute Gasteiger partial charge is 0.337 e. The van der Waals surface area contributed by atoms with Gasteiger partial charge in [-0.15, -0.1) is 0 Å². The summed E-state index contributed by atoms with van der Waals surface area (Å²) in [5.41, 5.74) is 0.711. The largest absolute Gasteiger partial charge is 0.465 e. The van der Waals surface area contributed by atoms with E-state index in [1.165, 1.54) is 19.2 Å². The van der Waals surface area contributed by atoms with Gasteiger partial charge in [0.05, 0.1) is 23.7 Å². The third kappa shape index (κ3) is 4.80. The first-order valence-corrected chi connectivity index (χ1v) is 8.16. The number of methoxy groups -OCH3 is 1. The van der Waals surface area contributed by atoms with Crippen molar-refractivity contribution in [2.75, 3.05) is 13.7 Å². The van der Waals surface area contributed by atoms with Crippen LogP contribution in [0.2, 0.25) is 0 Å². The Balaban J connectivity index is 2.94. The lowest BCUT2D eigenvalue weighted by Crippen LogP contribution is -2.28. The highest BCUT2D eigenvalue weighted by Crippen LogP contribution is 2.17. The maximum atomic E-state index is 12.2. The zero-order chi connectivity index (χ0) is 16.0. The molecule has 0 saturated carbocycles. The number of sulfonamides is 1. The number of aliphatic hydroxyl groups is 1. The lowest BCUT2D eigenvalue weighted by Gasteiger charge is -2.12. The van der Waals surface area contributed by atoms with Gasteiger partial charge >= 0.3 is 5.97 Å². The van der Waals surface area contributed by atoms with Crippen LogP contribution in [-0.4, -0.2) is 39.3 Å². The van der Waals surface area contributed by atoms with Crippen LogP contribution in [0.3, 0.4) is 0 Å². The van der Waals surface area contributed by atoms with E-state index in [9.17, 15) is 18.3 Å². The van der Waals surface area contributed by atoms with Crippen LogP contribution < -0.4 is 4.72 Å². The zero-order valence-electron chi connectivity index (χ0n) is 12.4. The fraction of sp³-hybridized carbons (Fsp3) is 0.500. The third-order valence-electron chi connectivity index (χ3n) is 3.14. The van der Waals surface area contributed by atoms with Crippen molar-refractivity contribution in [1.29, 1.82) is 0 Å². The Morgan fingerprint density at radius 1 is 1.43 bits per heavy atom. The number of rotatable bonds is 7. The third-order valence-corrected chi connectivity index (χ3v) is 4.74. The Hall–Kier alpha value is -1.44. The maximum Gasteiger partial charge on any atom is 0.337 e. The summed E-state index contributed by atoms with van der Waals surface area (Å²) < 4.78 is 31.5. The molecule has 21 heavy (non-hydrogen) atoms. The molecule has 0 aliphatic carbocycles. The lowest BCUT2D eigenvalue weighted by atomic mass is 10.1. The fourth-order valence-electron chi connectivity index (χ4n) is 1.78. The molecule has 1 aromatic carbocycles. The topological polar surface area (TPSA) is 92.7 Å². The number of aryl methyl sites for hydroxylation is 1. The fourth-order valence-corrected chi connectivity index (χ4v) is 3.09. The van der Waals surface area contributed by atoms with Crippen LogP contribution in [0.1, 0.15) is 35.7 Å². The quantitative estimate of drug-likeness (QED) is 0.738. The van der Waals surface area contributed by atoms with Crippen molar-refractivity contribution in [2.24, 2.45) is 0 Å². The number of carbonyl (C=O) groups is 1. The molecule has 0 aliphatic rings. The number of hydrogen-bond acceptors (Lipinski definition) is 5. The average Bonchev–Trinajstić information content (AvgIpc) is 2.46. The Morgan fingerprint density at radius 3 is 2.67 bits per heavy atom. The Bertz CT molecular complexity index is 597. The minimum Gasteiger partial charge on any atom is -0.465 e. The van der Waals surface area contributed by atoms with E-state index in [-0.39, 0.29) is 17.0 Å². The highest BCUT2D eigenvalue weighted by molar-refractivity contribution is 7.89. The summed E-state index contributed by atoms with van der Waals surface area (Å²) in [6, 6.07) is 4.36. The van der Waals surface area contributed by atoms with E-state index in [2.05, 4.69) is 9.46 Å². The summed E-state index contributed by atoms with van der Waals surface area (Å²) >= 11 is 0. The van der Waals surface area contributed by atoms with Gasteiger partial charge in [-0.05, 0) is 37.5 Å². The molecule has 1 rings (SSSR count). The minimum absolute atomic E-state index is 0.0383. The monoisotopic (exact) mass is 315 g/mol. The number of aliphatic hydroxyl groups excluding tert-OH is 1. The van der Waals surface area contributed by atoms with Crippen molar-refractivity contribution < 1.29 is 23.1 Å². The van der Waals surface area contributed by atoms with Gasteiger partial charge in [-0.3, -0.25) is 0 Å². The first-order chi connectivity index (χ1) is 9.81. The van der Waals surface area contributed by atoms with Crippen LogP contribution in [-0.2, 0) is 14.8 Å². The van der Waals surface area contributed by atoms with Crippen LogP contribution in [0.15, 0.2) is 23.1 Å². The lowest BCUT2D eigenvalue weighted by molar-refractivity contribution is 0.0600. The summed E-state index contributed by atoms with van der Waals surface area (Å²) in [4.78, 5) is 11.5. The minimum atomic E-state index is -3.73. The van der Waals surface area contributed by atoms with E-state index >= 15 is 0 Å². The van der Waals surface area contributed by atoms with Crippen LogP contribution in [0.4, 0.5) is 0 Å². The normalized spacial score (nSPS) is 13.0. The van der Waals surface area contributed by atoms with Gasteiger partial charge in [-0.25, -0.2) is 17.9 Å². The standard InChI is InChI=1S/C14H21NO5S/c1-4-12(16)7-8-15-21(18,19)13-9-11(14(17)20-3)6-5-10(13)2/h5-6,9,12,15-16H,4,7-8H2,1-3H3. The molecule has 0 aliphatic heterocycles. The van der Waals surface area contributed by atoms with Crippen molar-refractivity contribution in [3.63, 3.8) is 0 Å². The molecule has 0 saturated heterocycles. The number of carbonyl (C=O) groups excluding carboxylic acids is 1. The number of hydrogen-bond donors (Lipinski definition) is 2. The van der Waals surface area contributed by atoms with Gasteiger partial charge in [0.1, 0.15) is 0 Å². The number of nitrogens with one attached hydrogen (secondary N) is 1. The van der Waals surface area contributed by atoms with Gasteiger partial charge in [-0.1, -0.05) is 13.0 Å². The van der Waals surface area contributed by atoms with Crippen LogP contribution in [0.25, 0.3) is 0 Å². The number of esters is 1. The summed E-state index contributed by atoms with van der Waals surface area (Å²) in [5, 5.41) is 9.43. The van der Waals surface area contributed by atoms with Crippen molar-refractivity contribution >= 4 is 16.0 Å². The predicted octanol–water partition coefficient (Wildman–Crippen LogP) is 1.22. The van der Waals surface area contributed by atoms with E-state index in [0.29, 0.717) is 18.4 Å². The van der Waals surface area contributed by atoms with E-state index in [0.717, 1.165) is 0 Å². The van der Waals surface area contributed by atoms with Gasteiger partial charge in [0.15, 0.2) is 0 Å². The van der Waals surface area contributed by atoms with Gasteiger partial charge < -0.3 is 9.84 Å². The zero-order valence-corrected chi connectivity index (χ0v) is 13.2. The molecule has 118 valence electrons. The van der Waals surface area contributed by atoms with E-state index in [1.54, 1.807) is 13.0 Å². The number of benzene rings is 1. The van der Waals surface area contributed by atoms with Crippen LogP contribution in [0.5, 0.6) is 0 Å². The molecule has 0 amide bonds. The second-order valence-electron chi connectivity index (χ2n) is 4.72. The molecule has 0 spiro atoms. The van der Waals surface area contributed by atoms with Crippen LogP contribution in [0, 0.1) is 6.92 Å². The molecule has 7 heteroatoms. The van der Waals surface area contributed by atoms with Crippen molar-refractivity contribution in [1.82, 2.24) is 4.72 Å². The molecule has 0 bridgehead atoms. The second kappa shape index (κ2) is 7.53. The Labute approximate surface area is 125 Å². The molecule has 0 fully saturated rings. The summed E-state index contributed by atoms with van der Waals surface area (Å²) in [6.45, 7) is 3.61. The molecule has 1 unspecified atom stereocenters. The summed E-state index contributed by atoms with van der Waals surface area (Å²) in [7, 11) is -2.49. The Morgan fingerprint density at radius 2 is 2.10 bits per heavy atom. The van der Waals surface area contributed by atoms with E-state index in [4.69, 9.17) is 0 Å². The summed E-state index contributed by atoms with van der Waals surface area (Å²) in [5.74, 6) is -0.590. The molecule has 2 N–H and O–H groups in total. The molecule has 1 aromatic rings. The van der Waals surface area contributed by atoms with Crippen molar-refractivity contribution in [2.45, 2.75) is 37.7 Å². The molecular weight excluding hydrogens is 294 g/mol. The molecular formula is C14H21NO5S. The highest BCUT2D eigenvalue weighted by Gasteiger charge is 2.19. The van der Waals surface area contributed by atoms with Crippen molar-refractivity contribution in [3.05, 3.63) is 29.3 Å². The SMILES string of the molecule is CCC(O)CCNS(=O)(=O)c1cc(C(=O)OC)ccc1C. The van der Waals surface area contributed by atoms with Crippen molar-refractivity contribution in [3.8, 4) is 0 Å². The first-order valence-electron chi connectivity index (χ1n) is 6.68. The molecule has 1 atom stereocenters. The van der Waals surface area contributed by atoms with Gasteiger partial charge in [0.2, 0.25) is 10.0 Å². The molecule has 0 aromatic heterocycles. The van der Waals surface area contributed by atoms with Gasteiger partial charge in [-0.2, -0.15) is 0 Å². The highest BCUT2D eigenvalue weighted by atomic mass is 32.2. The molecule has 0 radical (unpaired) electrons. The van der Waals surface area contributed by atoms with Gasteiger partial charge in [0.25, 0.3) is 0 Å². The maximum absolute atomic E-state index is 12.2. The van der Waals surface area contributed by atoms with Crippen LogP contribution >= 0.6 is 0 Å². The Kier molecular flexibility index (Phi) is 6.32. The van der Waals surface area contributed by atoms with Gasteiger partial charge in [0, 0.05) is 6.54 Å². The van der Waals surface area contributed by atoms with E-state index in [1.807, 2.05) is 6.92 Å². The summed E-state index contributed by atoms with van der Waals surface area (Å²) in [6.07, 6.45) is 0.375. The number of ether oxygens (including phenoxy) is 1. The van der Waals surface area contributed by atoms with E-state index < -0.39 is 22.1 Å².